The Morgan fingerprint density at radius 3 is 2.52 bits per heavy atom. The van der Waals surface area contributed by atoms with Crippen molar-refractivity contribution in [2.45, 2.75) is 0 Å². The standard InChI is InChI=1S/C22H17N3O3S/c1-27-17-10-7-14(8-11-17)20(26)25-22(29)23-16-9-12-19-18(13-16)24-21(28-19)15-5-3-2-4-6-15/h2-13H,1H3,(H2,23,25,26,29). The quantitative estimate of drug-likeness (QED) is 0.484. The second-order valence-corrected chi connectivity index (χ2v) is 6.61. The van der Waals surface area contributed by atoms with Crippen LogP contribution in [0.1, 0.15) is 10.4 Å². The van der Waals surface area contributed by atoms with Gasteiger partial charge in [-0.05, 0) is 66.8 Å². The van der Waals surface area contributed by atoms with Crippen LogP contribution in [0.2, 0.25) is 0 Å². The molecule has 0 spiro atoms. The molecule has 1 heterocycles. The Bertz CT molecular complexity index is 1170. The van der Waals surface area contributed by atoms with E-state index in [-0.39, 0.29) is 11.0 Å². The summed E-state index contributed by atoms with van der Waals surface area (Å²) in [6, 6.07) is 21.9. The van der Waals surface area contributed by atoms with Crippen molar-refractivity contribution in [2.75, 3.05) is 12.4 Å². The number of hydrogen-bond acceptors (Lipinski definition) is 5. The molecule has 0 aliphatic rings. The molecule has 0 radical (unpaired) electrons. The molecule has 144 valence electrons. The van der Waals surface area contributed by atoms with Crippen molar-refractivity contribution in [1.29, 1.82) is 0 Å². The zero-order valence-corrected chi connectivity index (χ0v) is 16.3. The summed E-state index contributed by atoms with van der Waals surface area (Å²) in [7, 11) is 1.57. The Morgan fingerprint density at radius 1 is 1.03 bits per heavy atom. The third-order valence-electron chi connectivity index (χ3n) is 4.25. The minimum atomic E-state index is -0.306. The van der Waals surface area contributed by atoms with Crippen LogP contribution in [0.3, 0.4) is 0 Å². The van der Waals surface area contributed by atoms with Crippen LogP contribution in [0.4, 0.5) is 5.69 Å². The largest absolute Gasteiger partial charge is 0.497 e. The number of fused-ring (bicyclic) bond motifs is 1. The minimum absolute atomic E-state index is 0.192. The minimum Gasteiger partial charge on any atom is -0.497 e. The molecule has 7 heteroatoms. The van der Waals surface area contributed by atoms with E-state index in [1.807, 2.05) is 48.5 Å². The summed E-state index contributed by atoms with van der Waals surface area (Å²) in [6.45, 7) is 0. The molecule has 0 saturated heterocycles. The topological polar surface area (TPSA) is 76.4 Å². The number of rotatable bonds is 4. The van der Waals surface area contributed by atoms with Gasteiger partial charge in [-0.2, -0.15) is 0 Å². The number of carbonyl (C=O) groups is 1. The molecule has 1 aromatic heterocycles. The Kier molecular flexibility index (Phi) is 5.22. The predicted molar refractivity (Wildman–Crippen MR) is 116 cm³/mol. The highest BCUT2D eigenvalue weighted by Gasteiger charge is 2.11. The van der Waals surface area contributed by atoms with Crippen LogP contribution in [0.5, 0.6) is 5.75 Å². The number of anilines is 1. The van der Waals surface area contributed by atoms with Gasteiger partial charge in [-0.3, -0.25) is 10.1 Å². The maximum absolute atomic E-state index is 12.3. The molecule has 0 fully saturated rings. The molecule has 2 N–H and O–H groups in total. The number of hydrogen-bond donors (Lipinski definition) is 2. The lowest BCUT2D eigenvalue weighted by atomic mass is 10.2. The van der Waals surface area contributed by atoms with Crippen molar-refractivity contribution in [1.82, 2.24) is 10.3 Å². The molecule has 29 heavy (non-hydrogen) atoms. The van der Waals surface area contributed by atoms with Crippen LogP contribution in [0.15, 0.2) is 77.2 Å². The maximum Gasteiger partial charge on any atom is 0.257 e. The van der Waals surface area contributed by atoms with Crippen LogP contribution in [-0.4, -0.2) is 23.1 Å². The summed E-state index contributed by atoms with van der Waals surface area (Å²) in [5, 5.41) is 5.85. The highest BCUT2D eigenvalue weighted by Crippen LogP contribution is 2.26. The molecule has 4 aromatic rings. The van der Waals surface area contributed by atoms with Crippen molar-refractivity contribution in [3.05, 3.63) is 78.4 Å². The fourth-order valence-corrected chi connectivity index (χ4v) is 3.00. The number of methoxy groups -OCH3 is 1. The van der Waals surface area contributed by atoms with Gasteiger partial charge in [-0.25, -0.2) is 4.98 Å². The second-order valence-electron chi connectivity index (χ2n) is 6.20. The summed E-state index contributed by atoms with van der Waals surface area (Å²) >= 11 is 5.25. The lowest BCUT2D eigenvalue weighted by Gasteiger charge is -2.09. The Balaban J connectivity index is 1.45. The van der Waals surface area contributed by atoms with Gasteiger partial charge in [0.05, 0.1) is 7.11 Å². The molecule has 0 unspecified atom stereocenters. The zero-order valence-electron chi connectivity index (χ0n) is 15.5. The van der Waals surface area contributed by atoms with Crippen molar-refractivity contribution in [3.63, 3.8) is 0 Å². The molecule has 4 rings (SSSR count). The highest BCUT2D eigenvalue weighted by molar-refractivity contribution is 7.80. The highest BCUT2D eigenvalue weighted by atomic mass is 32.1. The number of amides is 1. The van der Waals surface area contributed by atoms with E-state index in [1.54, 1.807) is 31.4 Å². The van der Waals surface area contributed by atoms with E-state index < -0.39 is 0 Å². The number of oxazole rings is 1. The van der Waals surface area contributed by atoms with Crippen LogP contribution in [0.25, 0.3) is 22.6 Å². The van der Waals surface area contributed by atoms with Crippen molar-refractivity contribution in [3.8, 4) is 17.2 Å². The number of nitrogens with zero attached hydrogens (tertiary/aromatic N) is 1. The van der Waals surface area contributed by atoms with Crippen LogP contribution in [0, 0.1) is 0 Å². The third kappa shape index (κ3) is 4.25. The zero-order chi connectivity index (χ0) is 20.2. The first kappa shape index (κ1) is 18.6. The number of thiocarbonyl (C=S) groups is 1. The summed E-state index contributed by atoms with van der Waals surface area (Å²) < 4.78 is 10.9. The Hall–Kier alpha value is -3.71. The molecular weight excluding hydrogens is 386 g/mol. The van der Waals surface area contributed by atoms with Gasteiger partial charge in [-0.15, -0.1) is 0 Å². The molecule has 0 aliphatic carbocycles. The average Bonchev–Trinajstić information content (AvgIpc) is 3.18. The molecule has 1 amide bonds. The van der Waals surface area contributed by atoms with E-state index in [0.29, 0.717) is 34.0 Å². The number of nitrogens with one attached hydrogen (secondary N) is 2. The van der Waals surface area contributed by atoms with E-state index in [0.717, 1.165) is 5.56 Å². The van der Waals surface area contributed by atoms with Gasteiger partial charge >= 0.3 is 0 Å². The average molecular weight is 403 g/mol. The first-order chi connectivity index (χ1) is 14.1. The number of ether oxygens (including phenoxy) is 1. The van der Waals surface area contributed by atoms with Crippen LogP contribution < -0.4 is 15.4 Å². The van der Waals surface area contributed by atoms with Gasteiger partial charge in [-0.1, -0.05) is 18.2 Å². The van der Waals surface area contributed by atoms with Crippen molar-refractivity contribution >= 4 is 40.0 Å². The molecule has 0 bridgehead atoms. The van der Waals surface area contributed by atoms with Gasteiger partial charge in [0, 0.05) is 16.8 Å². The van der Waals surface area contributed by atoms with Crippen molar-refractivity contribution in [2.24, 2.45) is 0 Å². The number of carbonyl (C=O) groups excluding carboxylic acids is 1. The van der Waals surface area contributed by atoms with Gasteiger partial charge in [0.1, 0.15) is 11.3 Å². The third-order valence-corrected chi connectivity index (χ3v) is 4.45. The van der Waals surface area contributed by atoms with Gasteiger partial charge in [0.25, 0.3) is 5.91 Å². The summed E-state index contributed by atoms with van der Waals surface area (Å²) in [4.78, 5) is 16.8. The molecule has 0 aliphatic heterocycles. The van der Waals surface area contributed by atoms with Gasteiger partial charge in [0.2, 0.25) is 5.89 Å². The molecular formula is C22H17N3O3S. The SMILES string of the molecule is COc1ccc(C(=O)NC(=S)Nc2ccc3oc(-c4ccccc4)nc3c2)cc1. The molecule has 0 atom stereocenters. The summed E-state index contributed by atoms with van der Waals surface area (Å²) in [6.07, 6.45) is 0. The predicted octanol–water partition coefficient (Wildman–Crippen LogP) is 4.63. The molecule has 3 aromatic carbocycles. The van der Waals surface area contributed by atoms with Crippen molar-refractivity contribution < 1.29 is 13.9 Å². The molecule has 6 nitrogen and oxygen atoms in total. The first-order valence-electron chi connectivity index (χ1n) is 8.85. The number of aromatic nitrogens is 1. The number of benzene rings is 3. The van der Waals surface area contributed by atoms with Crippen LogP contribution in [-0.2, 0) is 0 Å². The first-order valence-corrected chi connectivity index (χ1v) is 9.25. The monoisotopic (exact) mass is 403 g/mol. The van der Waals surface area contributed by atoms with E-state index in [9.17, 15) is 4.79 Å². The van der Waals surface area contributed by atoms with Gasteiger partial charge < -0.3 is 14.5 Å². The van der Waals surface area contributed by atoms with Crippen LogP contribution >= 0.6 is 12.2 Å². The summed E-state index contributed by atoms with van der Waals surface area (Å²) in [5.74, 6) is 0.921. The van der Waals surface area contributed by atoms with E-state index in [4.69, 9.17) is 21.4 Å². The van der Waals surface area contributed by atoms with E-state index >= 15 is 0 Å². The fraction of sp³-hybridized carbons (Fsp3) is 0.0455. The smallest absolute Gasteiger partial charge is 0.257 e. The van der Waals surface area contributed by atoms with E-state index in [2.05, 4.69) is 15.6 Å². The normalized spacial score (nSPS) is 10.5. The van der Waals surface area contributed by atoms with Gasteiger partial charge in [0.15, 0.2) is 10.7 Å². The Morgan fingerprint density at radius 2 is 1.79 bits per heavy atom. The lowest BCUT2D eigenvalue weighted by molar-refractivity contribution is 0.0977. The summed E-state index contributed by atoms with van der Waals surface area (Å²) in [5.41, 5.74) is 3.45. The maximum atomic E-state index is 12.3. The lowest BCUT2D eigenvalue weighted by Crippen LogP contribution is -2.34. The van der Waals surface area contributed by atoms with E-state index in [1.165, 1.54) is 0 Å². The fourth-order valence-electron chi connectivity index (χ4n) is 2.79. The second kappa shape index (κ2) is 8.12. The Labute approximate surface area is 172 Å². The molecule has 0 saturated carbocycles.